The van der Waals surface area contributed by atoms with E-state index in [9.17, 15) is 17.6 Å². The second kappa shape index (κ2) is 5.97. The largest absolute Gasteiger partial charge is 0.445 e. The van der Waals surface area contributed by atoms with Crippen LogP contribution in [-0.2, 0) is 11.7 Å². The van der Waals surface area contributed by atoms with E-state index in [1.165, 1.54) is 18.5 Å². The molecule has 26 heavy (non-hydrogen) atoms. The van der Waals surface area contributed by atoms with Crippen molar-refractivity contribution < 1.29 is 17.6 Å². The van der Waals surface area contributed by atoms with E-state index >= 15 is 0 Å². The van der Waals surface area contributed by atoms with Crippen molar-refractivity contribution in [2.75, 3.05) is 5.32 Å². The summed E-state index contributed by atoms with van der Waals surface area (Å²) in [6.45, 7) is 0. The molecule has 1 fully saturated rings. The molecule has 3 aromatic rings. The number of aromatic nitrogens is 4. The van der Waals surface area contributed by atoms with Gasteiger partial charge in [0.05, 0.1) is 5.54 Å². The summed E-state index contributed by atoms with van der Waals surface area (Å²) in [7, 11) is 0. The van der Waals surface area contributed by atoms with E-state index in [1.807, 2.05) is 0 Å². The van der Waals surface area contributed by atoms with Crippen molar-refractivity contribution >= 4 is 17.3 Å². The molecule has 0 unspecified atom stereocenters. The van der Waals surface area contributed by atoms with Gasteiger partial charge in [-0.25, -0.2) is 14.4 Å². The molecule has 0 radical (unpaired) electrons. The lowest BCUT2D eigenvalue weighted by Gasteiger charge is -2.18. The van der Waals surface area contributed by atoms with Crippen LogP contribution in [0.15, 0.2) is 36.7 Å². The smallest absolute Gasteiger partial charge is 0.345 e. The molecule has 10 heteroatoms. The molecule has 0 bridgehead atoms. The van der Waals surface area contributed by atoms with Gasteiger partial charge in [0.25, 0.3) is 0 Å². The first kappa shape index (κ1) is 16.8. The molecule has 0 spiro atoms. The highest BCUT2D eigenvalue weighted by atomic mass is 32.1. The third kappa shape index (κ3) is 3.12. The summed E-state index contributed by atoms with van der Waals surface area (Å²) < 4.78 is 51.8. The van der Waals surface area contributed by atoms with Gasteiger partial charge in [0.2, 0.25) is 11.0 Å². The van der Waals surface area contributed by atoms with E-state index in [2.05, 4.69) is 25.5 Å². The predicted molar refractivity (Wildman–Crippen MR) is 86.9 cm³/mol. The van der Waals surface area contributed by atoms with Crippen molar-refractivity contribution in [3.8, 4) is 10.6 Å². The molecular weight excluding hydrogens is 370 g/mol. The quantitative estimate of drug-likeness (QED) is 0.685. The lowest BCUT2D eigenvalue weighted by atomic mass is 10.0. The highest BCUT2D eigenvalue weighted by Gasteiger charge is 2.46. The molecule has 1 aromatic carbocycles. The lowest BCUT2D eigenvalue weighted by molar-refractivity contribution is -0.138. The molecule has 1 aliphatic carbocycles. The number of hydrogen-bond donors (Lipinski definition) is 1. The van der Waals surface area contributed by atoms with Crippen molar-refractivity contribution in [1.29, 1.82) is 0 Å². The highest BCUT2D eigenvalue weighted by Crippen LogP contribution is 2.48. The summed E-state index contributed by atoms with van der Waals surface area (Å²) >= 11 is 0.426. The molecule has 2 aromatic heterocycles. The van der Waals surface area contributed by atoms with Gasteiger partial charge < -0.3 is 5.32 Å². The van der Waals surface area contributed by atoms with Gasteiger partial charge in [-0.15, -0.1) is 10.2 Å². The van der Waals surface area contributed by atoms with Gasteiger partial charge in [0, 0.05) is 23.5 Å². The van der Waals surface area contributed by atoms with Crippen LogP contribution in [0.25, 0.3) is 10.6 Å². The number of benzene rings is 1. The van der Waals surface area contributed by atoms with Gasteiger partial charge >= 0.3 is 6.18 Å². The third-order valence-corrected chi connectivity index (χ3v) is 5.07. The average molecular weight is 381 g/mol. The van der Waals surface area contributed by atoms with Crippen LogP contribution >= 0.6 is 11.3 Å². The Morgan fingerprint density at radius 2 is 1.73 bits per heavy atom. The first-order valence-corrected chi connectivity index (χ1v) is 8.45. The van der Waals surface area contributed by atoms with Gasteiger partial charge in [0.15, 0.2) is 5.01 Å². The molecule has 0 saturated heterocycles. The maximum Gasteiger partial charge on any atom is 0.445 e. The Morgan fingerprint density at radius 3 is 2.31 bits per heavy atom. The average Bonchev–Trinajstić information content (AvgIpc) is 3.19. The van der Waals surface area contributed by atoms with Crippen LogP contribution in [0.1, 0.15) is 23.4 Å². The second-order valence-electron chi connectivity index (χ2n) is 5.89. The molecule has 0 amide bonds. The Morgan fingerprint density at radius 1 is 1.04 bits per heavy atom. The van der Waals surface area contributed by atoms with Crippen LogP contribution in [0.4, 0.5) is 23.5 Å². The minimum absolute atomic E-state index is 0.0825. The van der Waals surface area contributed by atoms with E-state index in [0.717, 1.165) is 12.8 Å². The monoisotopic (exact) mass is 381 g/mol. The summed E-state index contributed by atoms with van der Waals surface area (Å²) in [5.74, 6) is -0.0299. The fraction of sp³-hybridized carbons (Fsp3) is 0.250. The van der Waals surface area contributed by atoms with Crippen LogP contribution < -0.4 is 5.32 Å². The van der Waals surface area contributed by atoms with Gasteiger partial charge in [-0.2, -0.15) is 13.2 Å². The van der Waals surface area contributed by atoms with Gasteiger partial charge in [-0.1, -0.05) is 29.5 Å². The number of halogens is 4. The number of nitrogens with one attached hydrogen (secondary N) is 1. The van der Waals surface area contributed by atoms with Gasteiger partial charge in [-0.05, 0) is 18.9 Å². The molecular formula is C16H11F4N5S. The standard InChI is InChI=1S/C16H11F4N5S/c17-11-4-2-1-3-10(11)15(5-6-15)23-14-21-7-9(8-22-14)12-24-25-13(26-12)16(18,19)20/h1-4,7-8H,5-6H2,(H,21,22,23). The Kier molecular flexibility index (Phi) is 3.87. The van der Waals surface area contributed by atoms with E-state index in [-0.39, 0.29) is 16.8 Å². The Labute approximate surface area is 149 Å². The SMILES string of the molecule is Fc1ccccc1C1(Nc2ncc(-c3nnc(C(F)(F)F)s3)cn2)CC1. The fourth-order valence-electron chi connectivity index (χ4n) is 2.61. The second-order valence-corrected chi connectivity index (χ2v) is 6.87. The van der Waals surface area contributed by atoms with Crippen LogP contribution in [0.5, 0.6) is 0 Å². The first-order valence-electron chi connectivity index (χ1n) is 7.64. The van der Waals surface area contributed by atoms with Crippen molar-refractivity contribution in [3.63, 3.8) is 0 Å². The van der Waals surface area contributed by atoms with Crippen LogP contribution in [0.2, 0.25) is 0 Å². The van der Waals surface area contributed by atoms with Crippen LogP contribution in [0, 0.1) is 5.82 Å². The van der Waals surface area contributed by atoms with E-state index in [1.54, 1.807) is 18.2 Å². The van der Waals surface area contributed by atoms with E-state index < -0.39 is 16.7 Å². The number of hydrogen-bond acceptors (Lipinski definition) is 6. The zero-order valence-electron chi connectivity index (χ0n) is 13.1. The van der Waals surface area contributed by atoms with Gasteiger partial charge in [-0.3, -0.25) is 0 Å². The number of anilines is 1. The van der Waals surface area contributed by atoms with Crippen molar-refractivity contribution in [3.05, 3.63) is 53.0 Å². The first-order chi connectivity index (χ1) is 12.4. The zero-order valence-corrected chi connectivity index (χ0v) is 13.9. The molecule has 5 nitrogen and oxygen atoms in total. The molecule has 2 heterocycles. The summed E-state index contributed by atoms with van der Waals surface area (Å²) in [4.78, 5) is 8.24. The Hall–Kier alpha value is -2.62. The summed E-state index contributed by atoms with van der Waals surface area (Å²) in [5, 5.41) is 8.84. The van der Waals surface area contributed by atoms with Crippen molar-refractivity contribution in [1.82, 2.24) is 20.2 Å². The van der Waals surface area contributed by atoms with Crippen molar-refractivity contribution in [2.24, 2.45) is 0 Å². The lowest BCUT2D eigenvalue weighted by Crippen LogP contribution is -2.21. The highest BCUT2D eigenvalue weighted by molar-refractivity contribution is 7.14. The molecule has 0 atom stereocenters. The summed E-state index contributed by atoms with van der Waals surface area (Å²) in [6, 6.07) is 6.49. The minimum atomic E-state index is -4.53. The van der Waals surface area contributed by atoms with E-state index in [0.29, 0.717) is 22.5 Å². The molecule has 1 saturated carbocycles. The van der Waals surface area contributed by atoms with Crippen molar-refractivity contribution in [2.45, 2.75) is 24.6 Å². The molecule has 1 N–H and O–H groups in total. The molecule has 1 aliphatic rings. The summed E-state index contributed by atoms with van der Waals surface area (Å²) in [6.07, 6.45) is -0.313. The zero-order chi connectivity index (χ0) is 18.4. The third-order valence-electron chi connectivity index (χ3n) is 4.06. The maximum absolute atomic E-state index is 14.0. The molecule has 4 rings (SSSR count). The minimum Gasteiger partial charge on any atom is -0.345 e. The summed E-state index contributed by atoms with van der Waals surface area (Å²) in [5.41, 5.74) is 0.338. The number of alkyl halides is 3. The maximum atomic E-state index is 14.0. The Bertz CT molecular complexity index is 934. The molecule has 134 valence electrons. The van der Waals surface area contributed by atoms with Crippen LogP contribution in [-0.4, -0.2) is 20.2 Å². The number of nitrogens with zero attached hydrogens (tertiary/aromatic N) is 4. The predicted octanol–water partition coefficient (Wildman–Crippen LogP) is 4.25. The Balaban J connectivity index is 1.54. The fourth-order valence-corrected chi connectivity index (χ4v) is 3.29. The van der Waals surface area contributed by atoms with Crippen LogP contribution in [0.3, 0.4) is 0 Å². The van der Waals surface area contributed by atoms with E-state index in [4.69, 9.17) is 0 Å². The molecule has 0 aliphatic heterocycles. The normalized spacial score (nSPS) is 15.7. The topological polar surface area (TPSA) is 63.6 Å². The number of rotatable bonds is 4. The van der Waals surface area contributed by atoms with Gasteiger partial charge in [0.1, 0.15) is 5.82 Å².